The van der Waals surface area contributed by atoms with Crippen molar-refractivity contribution in [2.75, 3.05) is 0 Å². The van der Waals surface area contributed by atoms with Gasteiger partial charge in [-0.25, -0.2) is 0 Å². The van der Waals surface area contributed by atoms with Gasteiger partial charge in [0.05, 0.1) is 0 Å². The van der Waals surface area contributed by atoms with E-state index in [-0.39, 0.29) is 5.24 Å². The zero-order valence-electron chi connectivity index (χ0n) is 12.1. The highest BCUT2D eigenvalue weighted by Gasteiger charge is 2.13. The van der Waals surface area contributed by atoms with Crippen LogP contribution in [0.5, 0.6) is 0 Å². The summed E-state index contributed by atoms with van der Waals surface area (Å²) in [7, 11) is 0. The Morgan fingerprint density at radius 1 is 1.05 bits per heavy atom. The molecule has 2 aromatic rings. The number of unbranched alkanes of at least 4 members (excludes halogenated alkanes) is 1. The molecule has 1 aliphatic rings. The van der Waals surface area contributed by atoms with Crippen LogP contribution in [0.15, 0.2) is 58.3 Å². The van der Waals surface area contributed by atoms with Crippen LogP contribution in [0, 0.1) is 0 Å². The smallest absolute Gasteiger partial charge is 0.221 e. The average Bonchev–Trinajstić information content (AvgIpc) is 2.51. The van der Waals surface area contributed by atoms with Crippen molar-refractivity contribution < 1.29 is 4.79 Å². The maximum absolute atomic E-state index is 9.97. The van der Waals surface area contributed by atoms with Crippen LogP contribution >= 0.6 is 23.4 Å². The minimum atomic E-state index is -0.221. The van der Waals surface area contributed by atoms with Gasteiger partial charge in [-0.15, -0.1) is 0 Å². The summed E-state index contributed by atoms with van der Waals surface area (Å²) in [5.41, 5.74) is 2.91. The highest BCUT2D eigenvalue weighted by atomic mass is 35.5. The van der Waals surface area contributed by atoms with Crippen LogP contribution in [0.4, 0.5) is 0 Å². The number of carbonyl (C=O) groups excluding carboxylic acids is 1. The molecular weight excluding hydrogens is 300 g/mol. The number of fused-ring (bicyclic) bond motifs is 2. The summed E-state index contributed by atoms with van der Waals surface area (Å²) < 4.78 is 0. The molecular formula is C18H19ClOS. The monoisotopic (exact) mass is 318 g/mol. The summed E-state index contributed by atoms with van der Waals surface area (Å²) >= 11 is 6.90. The molecule has 0 fully saturated rings. The topological polar surface area (TPSA) is 17.1 Å². The number of hydrogen-bond acceptors (Lipinski definition) is 2. The van der Waals surface area contributed by atoms with E-state index in [4.69, 9.17) is 11.6 Å². The van der Waals surface area contributed by atoms with Crippen molar-refractivity contribution in [3.8, 4) is 0 Å². The van der Waals surface area contributed by atoms with Crippen LogP contribution in [-0.2, 0) is 11.2 Å². The Morgan fingerprint density at radius 3 is 2.00 bits per heavy atom. The first-order valence-corrected chi connectivity index (χ1v) is 8.42. The van der Waals surface area contributed by atoms with Crippen LogP contribution in [-0.4, -0.2) is 5.24 Å². The number of hydrogen-bond donors (Lipinski definition) is 0. The van der Waals surface area contributed by atoms with Gasteiger partial charge in [0, 0.05) is 16.2 Å². The SMILES string of the molecule is CCCCC(=O)Cl.c1ccc2c(c1)Cc1ccccc1S2. The minimum absolute atomic E-state index is 0.221. The van der Waals surface area contributed by atoms with E-state index in [2.05, 4.69) is 48.5 Å². The fourth-order valence-corrected chi connectivity index (χ4v) is 3.34. The van der Waals surface area contributed by atoms with Crippen LogP contribution in [0.25, 0.3) is 0 Å². The van der Waals surface area contributed by atoms with Crippen molar-refractivity contribution in [1.82, 2.24) is 0 Å². The third kappa shape index (κ3) is 4.90. The zero-order valence-corrected chi connectivity index (χ0v) is 13.7. The van der Waals surface area contributed by atoms with E-state index in [0.717, 1.165) is 19.3 Å². The van der Waals surface area contributed by atoms with Gasteiger partial charge in [0.15, 0.2) is 0 Å². The highest BCUT2D eigenvalue weighted by molar-refractivity contribution is 7.99. The van der Waals surface area contributed by atoms with Crippen molar-refractivity contribution in [3.05, 3.63) is 59.7 Å². The van der Waals surface area contributed by atoms with Crippen molar-refractivity contribution >= 4 is 28.6 Å². The van der Waals surface area contributed by atoms with Crippen LogP contribution < -0.4 is 0 Å². The Labute approximate surface area is 135 Å². The molecule has 0 bridgehead atoms. The quantitative estimate of drug-likeness (QED) is 0.577. The van der Waals surface area contributed by atoms with E-state index in [1.165, 1.54) is 20.9 Å². The fourth-order valence-electron chi connectivity index (χ4n) is 2.14. The summed E-state index contributed by atoms with van der Waals surface area (Å²) in [4.78, 5) is 12.8. The second-order valence-corrected chi connectivity index (χ2v) is 6.46. The summed E-state index contributed by atoms with van der Waals surface area (Å²) in [5.74, 6) is 0. The van der Waals surface area contributed by atoms with Crippen molar-refractivity contribution in [2.45, 2.75) is 42.4 Å². The first-order chi connectivity index (χ1) is 10.2. The molecule has 1 heterocycles. The Morgan fingerprint density at radius 2 is 1.57 bits per heavy atom. The lowest BCUT2D eigenvalue weighted by molar-refractivity contribution is -0.111. The summed E-state index contributed by atoms with van der Waals surface area (Å²) in [6.07, 6.45) is 3.57. The Bertz CT molecular complexity index is 522. The molecule has 21 heavy (non-hydrogen) atoms. The Kier molecular flexibility index (Phi) is 6.34. The van der Waals surface area contributed by atoms with Crippen LogP contribution in [0.1, 0.15) is 37.3 Å². The minimum Gasteiger partial charge on any atom is -0.281 e. The average molecular weight is 319 g/mol. The van der Waals surface area contributed by atoms with Gasteiger partial charge < -0.3 is 0 Å². The number of carbonyl (C=O) groups is 1. The predicted octanol–water partition coefficient (Wildman–Crippen LogP) is 5.68. The van der Waals surface area contributed by atoms with Gasteiger partial charge in [0.25, 0.3) is 0 Å². The van der Waals surface area contributed by atoms with E-state index < -0.39 is 0 Å². The molecule has 0 unspecified atom stereocenters. The van der Waals surface area contributed by atoms with E-state index in [9.17, 15) is 4.79 Å². The molecule has 3 rings (SSSR count). The van der Waals surface area contributed by atoms with Gasteiger partial charge >= 0.3 is 0 Å². The maximum atomic E-state index is 9.97. The zero-order chi connectivity index (χ0) is 15.1. The molecule has 0 amide bonds. The summed E-state index contributed by atoms with van der Waals surface area (Å²) in [5, 5.41) is -0.221. The molecule has 1 aliphatic heterocycles. The second-order valence-electron chi connectivity index (χ2n) is 4.95. The van der Waals surface area contributed by atoms with Crippen molar-refractivity contribution in [3.63, 3.8) is 0 Å². The van der Waals surface area contributed by atoms with Crippen LogP contribution in [0.3, 0.4) is 0 Å². The van der Waals surface area contributed by atoms with Gasteiger partial charge in [0.2, 0.25) is 5.24 Å². The van der Waals surface area contributed by atoms with Gasteiger partial charge in [-0.1, -0.05) is 61.5 Å². The molecule has 0 radical (unpaired) electrons. The lowest BCUT2D eigenvalue weighted by Crippen LogP contribution is -1.98. The Balaban J connectivity index is 0.000000199. The summed E-state index contributed by atoms with van der Waals surface area (Å²) in [6, 6.07) is 17.3. The standard InChI is InChI=1S/C13H10S.C5H9ClO/c1-3-7-12-10(5-1)9-11-6-2-4-8-13(11)14-12;1-2-3-4-5(6)7/h1-8H,9H2;2-4H2,1H3. The molecule has 0 N–H and O–H groups in total. The van der Waals surface area contributed by atoms with E-state index in [1.54, 1.807) is 0 Å². The number of halogens is 1. The molecule has 0 aromatic heterocycles. The largest absolute Gasteiger partial charge is 0.281 e. The molecule has 0 saturated heterocycles. The third-order valence-corrected chi connectivity index (χ3v) is 4.70. The highest BCUT2D eigenvalue weighted by Crippen LogP contribution is 2.38. The van der Waals surface area contributed by atoms with E-state index in [1.807, 2.05) is 18.7 Å². The Hall–Kier alpha value is -1.25. The van der Waals surface area contributed by atoms with Gasteiger partial charge in [-0.2, -0.15) is 0 Å². The van der Waals surface area contributed by atoms with Crippen molar-refractivity contribution in [1.29, 1.82) is 0 Å². The van der Waals surface area contributed by atoms with E-state index in [0.29, 0.717) is 6.42 Å². The van der Waals surface area contributed by atoms with Crippen LogP contribution in [0.2, 0.25) is 0 Å². The number of benzene rings is 2. The number of rotatable bonds is 3. The van der Waals surface area contributed by atoms with Gasteiger partial charge in [-0.05, 0) is 47.7 Å². The predicted molar refractivity (Wildman–Crippen MR) is 90.2 cm³/mol. The first-order valence-electron chi connectivity index (χ1n) is 7.22. The summed E-state index contributed by atoms with van der Waals surface area (Å²) in [6.45, 7) is 2.03. The maximum Gasteiger partial charge on any atom is 0.221 e. The third-order valence-electron chi connectivity index (χ3n) is 3.27. The molecule has 0 saturated carbocycles. The van der Waals surface area contributed by atoms with Crippen molar-refractivity contribution in [2.24, 2.45) is 0 Å². The van der Waals surface area contributed by atoms with E-state index >= 15 is 0 Å². The molecule has 0 spiro atoms. The molecule has 0 aliphatic carbocycles. The molecule has 2 aromatic carbocycles. The molecule has 0 atom stereocenters. The molecule has 1 nitrogen and oxygen atoms in total. The van der Waals surface area contributed by atoms with Gasteiger partial charge in [-0.3, -0.25) is 4.79 Å². The molecule has 3 heteroatoms. The fraction of sp³-hybridized carbons (Fsp3) is 0.278. The lowest BCUT2D eigenvalue weighted by atomic mass is 10.0. The second kappa shape index (κ2) is 8.26. The van der Waals surface area contributed by atoms with Gasteiger partial charge in [0.1, 0.15) is 0 Å². The molecule has 110 valence electrons. The normalized spacial score (nSPS) is 11.7. The lowest BCUT2D eigenvalue weighted by Gasteiger charge is -2.17. The first kappa shape index (κ1) is 16.1.